The van der Waals surface area contributed by atoms with Gasteiger partial charge in [-0.05, 0) is 36.8 Å². The highest BCUT2D eigenvalue weighted by atomic mass is 32.2. The molecule has 0 radical (unpaired) electrons. The maximum Gasteiger partial charge on any atom is 0.230 e. The molecule has 5 nitrogen and oxygen atoms in total. The molecule has 0 unspecified atom stereocenters. The van der Waals surface area contributed by atoms with E-state index in [4.69, 9.17) is 15.2 Å². The molecule has 1 saturated heterocycles. The van der Waals surface area contributed by atoms with E-state index in [0.29, 0.717) is 39.1 Å². The van der Waals surface area contributed by atoms with E-state index in [1.165, 1.54) is 0 Å². The summed E-state index contributed by atoms with van der Waals surface area (Å²) in [6.07, 6.45) is 3.41. The minimum Gasteiger partial charge on any atom is -0.496 e. The van der Waals surface area contributed by atoms with Gasteiger partial charge in [-0.3, -0.25) is 4.79 Å². The van der Waals surface area contributed by atoms with Crippen molar-refractivity contribution in [2.45, 2.75) is 24.3 Å². The predicted octanol–water partition coefficient (Wildman–Crippen LogP) is 2.13. The third kappa shape index (κ3) is 4.00. The van der Waals surface area contributed by atoms with Crippen molar-refractivity contribution in [3.8, 4) is 5.75 Å². The van der Waals surface area contributed by atoms with Crippen LogP contribution in [0.1, 0.15) is 18.4 Å². The summed E-state index contributed by atoms with van der Waals surface area (Å²) in [6.45, 7) is 2.13. The summed E-state index contributed by atoms with van der Waals surface area (Å²) in [7, 11) is 3.50. The van der Waals surface area contributed by atoms with Gasteiger partial charge in [0.15, 0.2) is 0 Å². The highest BCUT2D eigenvalue weighted by Crippen LogP contribution is 2.33. The molecule has 1 aliphatic heterocycles. The third-order valence-electron chi connectivity index (χ3n) is 4.51. The van der Waals surface area contributed by atoms with Crippen LogP contribution in [0, 0.1) is 5.41 Å². The molecular formula is C17H26N2O3S. The van der Waals surface area contributed by atoms with Crippen LogP contribution in [-0.2, 0) is 16.1 Å². The SMILES string of the molecule is COc1cc(CN(C)C(=O)C2(CN)CCOCC2)ccc1SC. The molecule has 1 heterocycles. The number of rotatable bonds is 6. The lowest BCUT2D eigenvalue weighted by molar-refractivity contribution is -0.146. The molecule has 0 saturated carbocycles. The number of nitrogens with two attached hydrogens (primary N) is 1. The highest BCUT2D eigenvalue weighted by molar-refractivity contribution is 7.98. The smallest absolute Gasteiger partial charge is 0.230 e. The van der Waals surface area contributed by atoms with Crippen LogP contribution in [0.15, 0.2) is 23.1 Å². The van der Waals surface area contributed by atoms with Crippen molar-refractivity contribution in [3.63, 3.8) is 0 Å². The number of hydrogen-bond donors (Lipinski definition) is 1. The molecule has 1 fully saturated rings. The van der Waals surface area contributed by atoms with Gasteiger partial charge in [-0.2, -0.15) is 0 Å². The van der Waals surface area contributed by atoms with E-state index < -0.39 is 5.41 Å². The van der Waals surface area contributed by atoms with Crippen molar-refractivity contribution in [2.24, 2.45) is 11.1 Å². The van der Waals surface area contributed by atoms with Gasteiger partial charge < -0.3 is 20.1 Å². The fourth-order valence-corrected chi connectivity index (χ4v) is 3.54. The second-order valence-corrected chi connectivity index (χ2v) is 6.80. The van der Waals surface area contributed by atoms with Crippen molar-refractivity contribution in [3.05, 3.63) is 23.8 Å². The Bertz CT molecular complexity index is 545. The number of benzene rings is 1. The standard InChI is InChI=1S/C17H26N2O3S/c1-19(16(20)17(12-18)6-8-22-9-7-17)11-13-4-5-15(23-3)14(10-13)21-2/h4-5,10H,6-9,11-12,18H2,1-3H3. The van der Waals surface area contributed by atoms with E-state index in [2.05, 4.69) is 0 Å². The van der Waals surface area contributed by atoms with Gasteiger partial charge in [-0.15, -0.1) is 11.8 Å². The average molecular weight is 338 g/mol. The molecule has 0 aliphatic carbocycles. The van der Waals surface area contributed by atoms with Crippen molar-refractivity contribution >= 4 is 17.7 Å². The van der Waals surface area contributed by atoms with Gasteiger partial charge in [-0.1, -0.05) is 6.07 Å². The topological polar surface area (TPSA) is 64.8 Å². The average Bonchev–Trinajstić information content (AvgIpc) is 2.61. The Morgan fingerprint density at radius 1 is 1.43 bits per heavy atom. The van der Waals surface area contributed by atoms with E-state index in [0.717, 1.165) is 16.2 Å². The molecule has 128 valence electrons. The molecule has 2 rings (SSSR count). The van der Waals surface area contributed by atoms with Gasteiger partial charge in [0.05, 0.1) is 12.5 Å². The van der Waals surface area contributed by atoms with Gasteiger partial charge in [0.1, 0.15) is 5.75 Å². The molecule has 0 aromatic heterocycles. The largest absolute Gasteiger partial charge is 0.496 e. The summed E-state index contributed by atoms with van der Waals surface area (Å²) >= 11 is 1.64. The van der Waals surface area contributed by atoms with E-state index in [9.17, 15) is 4.79 Å². The summed E-state index contributed by atoms with van der Waals surface area (Å²) in [4.78, 5) is 15.7. The van der Waals surface area contributed by atoms with Gasteiger partial charge >= 0.3 is 0 Å². The molecule has 0 bridgehead atoms. The number of carbonyl (C=O) groups is 1. The number of ether oxygens (including phenoxy) is 2. The van der Waals surface area contributed by atoms with E-state index in [1.807, 2.05) is 31.5 Å². The number of methoxy groups -OCH3 is 1. The highest BCUT2D eigenvalue weighted by Gasteiger charge is 2.40. The lowest BCUT2D eigenvalue weighted by Crippen LogP contribution is -2.49. The summed E-state index contributed by atoms with van der Waals surface area (Å²) < 4.78 is 10.8. The lowest BCUT2D eigenvalue weighted by atomic mass is 9.79. The van der Waals surface area contributed by atoms with E-state index in [-0.39, 0.29) is 5.91 Å². The van der Waals surface area contributed by atoms with Crippen molar-refractivity contribution in [1.82, 2.24) is 4.90 Å². The van der Waals surface area contributed by atoms with E-state index >= 15 is 0 Å². The zero-order valence-electron chi connectivity index (χ0n) is 14.1. The van der Waals surface area contributed by atoms with Crippen LogP contribution in [0.5, 0.6) is 5.75 Å². The maximum absolute atomic E-state index is 12.9. The van der Waals surface area contributed by atoms with Crippen LogP contribution in [-0.4, -0.2) is 51.0 Å². The Morgan fingerprint density at radius 2 is 2.13 bits per heavy atom. The van der Waals surface area contributed by atoms with Gasteiger partial charge in [0.2, 0.25) is 5.91 Å². The number of amides is 1. The first kappa shape index (κ1) is 18.1. The monoisotopic (exact) mass is 338 g/mol. The summed E-state index contributed by atoms with van der Waals surface area (Å²) in [6, 6.07) is 6.07. The molecule has 1 aliphatic rings. The Morgan fingerprint density at radius 3 is 2.70 bits per heavy atom. The molecular weight excluding hydrogens is 312 g/mol. The van der Waals surface area contributed by atoms with Crippen molar-refractivity contribution in [2.75, 3.05) is 40.2 Å². The molecule has 0 atom stereocenters. The fourth-order valence-electron chi connectivity index (χ4n) is 3.00. The normalized spacial score (nSPS) is 16.9. The molecule has 1 aromatic rings. The minimum atomic E-state index is -0.476. The first-order chi connectivity index (χ1) is 11.1. The van der Waals surface area contributed by atoms with Crippen LogP contribution in [0.4, 0.5) is 0 Å². The first-order valence-electron chi connectivity index (χ1n) is 7.80. The van der Waals surface area contributed by atoms with Crippen LogP contribution in [0.3, 0.4) is 0 Å². The Balaban J connectivity index is 2.11. The zero-order valence-corrected chi connectivity index (χ0v) is 14.9. The van der Waals surface area contributed by atoms with Gasteiger partial charge in [-0.25, -0.2) is 0 Å². The summed E-state index contributed by atoms with van der Waals surface area (Å²) in [5.74, 6) is 0.951. The molecule has 23 heavy (non-hydrogen) atoms. The Kier molecular flexibility index (Phi) is 6.33. The van der Waals surface area contributed by atoms with E-state index in [1.54, 1.807) is 23.8 Å². The lowest BCUT2D eigenvalue weighted by Gasteiger charge is -2.37. The quantitative estimate of drug-likeness (QED) is 0.805. The molecule has 1 amide bonds. The van der Waals surface area contributed by atoms with Crippen molar-refractivity contribution < 1.29 is 14.3 Å². The fraction of sp³-hybridized carbons (Fsp3) is 0.588. The summed E-state index contributed by atoms with van der Waals surface area (Å²) in [5, 5.41) is 0. The second kappa shape index (κ2) is 8.04. The second-order valence-electron chi connectivity index (χ2n) is 5.95. The minimum absolute atomic E-state index is 0.108. The van der Waals surface area contributed by atoms with Crippen LogP contribution < -0.4 is 10.5 Å². The van der Waals surface area contributed by atoms with Crippen LogP contribution in [0.2, 0.25) is 0 Å². The van der Waals surface area contributed by atoms with Gasteiger partial charge in [0.25, 0.3) is 0 Å². The molecule has 0 spiro atoms. The summed E-state index contributed by atoms with van der Waals surface area (Å²) in [5.41, 5.74) is 6.50. The van der Waals surface area contributed by atoms with Crippen molar-refractivity contribution in [1.29, 1.82) is 0 Å². The maximum atomic E-state index is 12.9. The van der Waals surface area contributed by atoms with Crippen LogP contribution >= 0.6 is 11.8 Å². The van der Waals surface area contributed by atoms with Crippen LogP contribution in [0.25, 0.3) is 0 Å². The first-order valence-corrected chi connectivity index (χ1v) is 9.03. The number of nitrogens with zero attached hydrogens (tertiary/aromatic N) is 1. The third-order valence-corrected chi connectivity index (χ3v) is 5.29. The Hall–Kier alpha value is -1.24. The number of hydrogen-bond acceptors (Lipinski definition) is 5. The predicted molar refractivity (Wildman–Crippen MR) is 92.8 cm³/mol. The zero-order chi connectivity index (χ0) is 16.9. The Labute approximate surface area is 142 Å². The van der Waals surface area contributed by atoms with Gasteiger partial charge in [0, 0.05) is 38.2 Å². The number of carbonyl (C=O) groups excluding carboxylic acids is 1. The molecule has 2 N–H and O–H groups in total. The number of thioether (sulfide) groups is 1. The molecule has 6 heteroatoms. The molecule has 1 aromatic carbocycles.